The van der Waals surface area contributed by atoms with Gasteiger partial charge in [-0.25, -0.2) is 18.4 Å². The number of sulfonamides is 1. The number of thiazole rings is 1. The number of hydrogen-bond acceptors (Lipinski definition) is 6. The van der Waals surface area contributed by atoms with Gasteiger partial charge in [-0.15, -0.1) is 11.3 Å². The number of amides is 1. The van der Waals surface area contributed by atoms with E-state index >= 15 is 0 Å². The highest BCUT2D eigenvalue weighted by Gasteiger charge is 2.29. The van der Waals surface area contributed by atoms with Crippen LogP contribution in [0.5, 0.6) is 0 Å². The summed E-state index contributed by atoms with van der Waals surface area (Å²) >= 11 is 1.18. The maximum atomic E-state index is 13.2. The van der Waals surface area contributed by atoms with Gasteiger partial charge in [0.2, 0.25) is 11.0 Å². The number of hydrogen-bond donors (Lipinski definition) is 1. The van der Waals surface area contributed by atoms with Crippen molar-refractivity contribution >= 4 is 38.2 Å². The van der Waals surface area contributed by atoms with E-state index < -0.39 is 15.9 Å². The molecule has 1 aromatic carbocycles. The fraction of sp³-hybridized carbons (Fsp3) is 0.0625. The molecule has 0 saturated heterocycles. The van der Waals surface area contributed by atoms with Crippen LogP contribution in [0.3, 0.4) is 0 Å². The lowest BCUT2D eigenvalue weighted by molar-refractivity contribution is 0.1000. The monoisotopic (exact) mass is 374 g/mol. The Morgan fingerprint density at radius 2 is 1.84 bits per heavy atom. The summed E-state index contributed by atoms with van der Waals surface area (Å²) in [6, 6.07) is 8.87. The molecule has 2 heterocycles. The zero-order chi connectivity index (χ0) is 18.0. The van der Waals surface area contributed by atoms with E-state index in [4.69, 9.17) is 5.73 Å². The minimum absolute atomic E-state index is 0.0102. The first-order valence-electron chi connectivity index (χ1n) is 7.17. The van der Waals surface area contributed by atoms with Crippen LogP contribution in [0.4, 0.5) is 10.9 Å². The van der Waals surface area contributed by atoms with Gasteiger partial charge in [-0.2, -0.15) is 4.31 Å². The van der Waals surface area contributed by atoms with E-state index in [1.165, 1.54) is 48.0 Å². The molecular formula is C16H14N4O3S2. The number of rotatable bonds is 5. The number of carbonyl (C=O) groups is 1. The van der Waals surface area contributed by atoms with Gasteiger partial charge < -0.3 is 5.73 Å². The van der Waals surface area contributed by atoms with Crippen molar-refractivity contribution in [3.8, 4) is 0 Å². The lowest BCUT2D eigenvalue weighted by atomic mass is 10.2. The Kier molecular flexibility index (Phi) is 4.51. The molecule has 2 aromatic heterocycles. The summed E-state index contributed by atoms with van der Waals surface area (Å²) < 4.78 is 27.4. The van der Waals surface area contributed by atoms with Crippen molar-refractivity contribution in [1.29, 1.82) is 0 Å². The Morgan fingerprint density at radius 1 is 1.12 bits per heavy atom. The van der Waals surface area contributed by atoms with Crippen LogP contribution < -0.4 is 10.0 Å². The van der Waals surface area contributed by atoms with Crippen molar-refractivity contribution in [2.75, 3.05) is 4.31 Å². The first kappa shape index (κ1) is 17.1. The molecule has 3 rings (SSSR count). The fourth-order valence-corrected chi connectivity index (χ4v) is 4.44. The smallest absolute Gasteiger partial charge is 0.271 e. The quantitative estimate of drug-likeness (QED) is 0.738. The molecule has 128 valence electrons. The highest BCUT2D eigenvalue weighted by molar-refractivity contribution is 7.93. The van der Waals surface area contributed by atoms with Gasteiger partial charge in [-0.1, -0.05) is 0 Å². The molecule has 7 nitrogen and oxygen atoms in total. The van der Waals surface area contributed by atoms with E-state index in [9.17, 15) is 13.2 Å². The Hall–Kier alpha value is -2.78. The molecule has 0 atom stereocenters. The number of aryl methyl sites for hydroxylation is 1. The number of benzene rings is 1. The van der Waals surface area contributed by atoms with Crippen LogP contribution in [-0.2, 0) is 10.0 Å². The van der Waals surface area contributed by atoms with Crippen molar-refractivity contribution in [1.82, 2.24) is 9.97 Å². The highest BCUT2D eigenvalue weighted by Crippen LogP contribution is 2.32. The maximum Gasteiger partial charge on any atom is 0.271 e. The molecule has 0 saturated carbocycles. The second-order valence-electron chi connectivity index (χ2n) is 5.16. The van der Waals surface area contributed by atoms with E-state index in [0.717, 1.165) is 9.87 Å². The third-order valence-corrected chi connectivity index (χ3v) is 5.96. The Labute approximate surface area is 148 Å². The summed E-state index contributed by atoms with van der Waals surface area (Å²) in [6.45, 7) is 1.85. The van der Waals surface area contributed by atoms with Crippen LogP contribution in [0.25, 0.3) is 0 Å². The average molecular weight is 374 g/mol. The summed E-state index contributed by atoms with van der Waals surface area (Å²) in [6.07, 6.45) is 3.06. The molecular weight excluding hydrogens is 360 g/mol. The van der Waals surface area contributed by atoms with E-state index in [2.05, 4.69) is 9.97 Å². The summed E-state index contributed by atoms with van der Waals surface area (Å²) in [5.41, 5.74) is 6.30. The van der Waals surface area contributed by atoms with Crippen molar-refractivity contribution < 1.29 is 13.2 Å². The molecule has 0 aliphatic heterocycles. The van der Waals surface area contributed by atoms with Gasteiger partial charge in [0, 0.05) is 23.3 Å². The number of pyridine rings is 1. The largest absolute Gasteiger partial charge is 0.366 e. The maximum absolute atomic E-state index is 13.2. The third-order valence-electron chi connectivity index (χ3n) is 3.38. The Morgan fingerprint density at radius 3 is 2.40 bits per heavy atom. The minimum Gasteiger partial charge on any atom is -0.366 e. The minimum atomic E-state index is -3.97. The van der Waals surface area contributed by atoms with Crippen LogP contribution in [0.1, 0.15) is 15.9 Å². The van der Waals surface area contributed by atoms with Crippen LogP contribution in [0.2, 0.25) is 0 Å². The van der Waals surface area contributed by atoms with Gasteiger partial charge in [0.15, 0.2) is 0 Å². The molecule has 0 unspecified atom stereocenters. The molecule has 0 spiro atoms. The van der Waals surface area contributed by atoms with Gasteiger partial charge in [0.1, 0.15) is 5.82 Å². The topological polar surface area (TPSA) is 106 Å². The highest BCUT2D eigenvalue weighted by atomic mass is 32.2. The third kappa shape index (κ3) is 3.37. The van der Waals surface area contributed by atoms with E-state index in [1.54, 1.807) is 17.5 Å². The second-order valence-corrected chi connectivity index (χ2v) is 7.82. The number of nitrogens with two attached hydrogens (primary N) is 1. The first-order chi connectivity index (χ1) is 11.9. The van der Waals surface area contributed by atoms with Crippen LogP contribution in [0, 0.1) is 6.92 Å². The average Bonchev–Trinajstić information content (AvgIpc) is 3.09. The fourth-order valence-electron chi connectivity index (χ4n) is 2.17. The molecule has 0 aliphatic rings. The molecule has 3 aromatic rings. The van der Waals surface area contributed by atoms with Crippen LogP contribution in [0.15, 0.2) is 59.1 Å². The molecule has 9 heteroatoms. The number of carbonyl (C=O) groups excluding carboxylic acids is 1. The van der Waals surface area contributed by atoms with Crippen molar-refractivity contribution in [2.24, 2.45) is 5.73 Å². The van der Waals surface area contributed by atoms with Crippen LogP contribution in [-0.4, -0.2) is 24.3 Å². The molecule has 0 aliphatic carbocycles. The SMILES string of the molecule is Cc1ccnc(N(c2nccs2)S(=O)(=O)c2ccc(C(N)=O)cc2)c1. The summed E-state index contributed by atoms with van der Waals surface area (Å²) in [7, 11) is -3.97. The predicted octanol–water partition coefficient (Wildman–Crippen LogP) is 2.47. The normalized spacial score (nSPS) is 11.2. The molecule has 0 bridgehead atoms. The van der Waals surface area contributed by atoms with E-state index in [-0.39, 0.29) is 21.4 Å². The van der Waals surface area contributed by atoms with Gasteiger partial charge in [-0.3, -0.25) is 4.79 Å². The number of primary amides is 1. The van der Waals surface area contributed by atoms with Gasteiger partial charge in [-0.05, 0) is 48.9 Å². The molecule has 0 fully saturated rings. The second kappa shape index (κ2) is 6.61. The Bertz CT molecular complexity index is 1000. The molecule has 2 N–H and O–H groups in total. The number of aromatic nitrogens is 2. The molecule has 0 radical (unpaired) electrons. The zero-order valence-electron chi connectivity index (χ0n) is 13.2. The van der Waals surface area contributed by atoms with E-state index in [0.29, 0.717) is 0 Å². The lowest BCUT2D eigenvalue weighted by Crippen LogP contribution is -2.27. The number of anilines is 2. The summed E-state index contributed by atoms with van der Waals surface area (Å²) in [5, 5.41) is 1.96. The molecule has 25 heavy (non-hydrogen) atoms. The van der Waals surface area contributed by atoms with Crippen molar-refractivity contribution in [3.63, 3.8) is 0 Å². The summed E-state index contributed by atoms with van der Waals surface area (Å²) in [4.78, 5) is 19.5. The Balaban J connectivity index is 2.13. The van der Waals surface area contributed by atoms with Gasteiger partial charge in [0.05, 0.1) is 4.90 Å². The van der Waals surface area contributed by atoms with Gasteiger partial charge >= 0.3 is 0 Å². The predicted molar refractivity (Wildman–Crippen MR) is 95.4 cm³/mol. The first-order valence-corrected chi connectivity index (χ1v) is 9.49. The standard InChI is InChI=1S/C16H14N4O3S2/c1-11-6-7-18-14(10-11)20(16-19-8-9-24-16)25(22,23)13-4-2-12(3-5-13)15(17)21/h2-10H,1H3,(H2,17,21). The lowest BCUT2D eigenvalue weighted by Gasteiger charge is -2.21. The van der Waals surface area contributed by atoms with E-state index in [1.807, 2.05) is 6.92 Å². The van der Waals surface area contributed by atoms with Gasteiger partial charge in [0.25, 0.3) is 10.0 Å². The number of nitrogens with zero attached hydrogens (tertiary/aromatic N) is 3. The molecule has 1 amide bonds. The van der Waals surface area contributed by atoms with Crippen LogP contribution >= 0.6 is 11.3 Å². The van der Waals surface area contributed by atoms with Crippen molar-refractivity contribution in [2.45, 2.75) is 11.8 Å². The zero-order valence-corrected chi connectivity index (χ0v) is 14.8. The summed E-state index contributed by atoms with van der Waals surface area (Å²) in [5.74, 6) is -0.380. The van der Waals surface area contributed by atoms with Crippen molar-refractivity contribution in [3.05, 3.63) is 65.3 Å².